The van der Waals surface area contributed by atoms with Gasteiger partial charge in [0.1, 0.15) is 17.2 Å². The number of carbonyl (C=O) groups is 1. The highest BCUT2D eigenvalue weighted by atomic mass is 79.9. The zero-order chi connectivity index (χ0) is 22.0. The van der Waals surface area contributed by atoms with Gasteiger partial charge in [0.25, 0.3) is 5.91 Å². The Labute approximate surface area is 169 Å². The lowest BCUT2D eigenvalue weighted by Crippen LogP contribution is -2.62. The molecule has 1 heterocycles. The molecule has 11 heteroatoms. The Kier molecular flexibility index (Phi) is 5.02. The van der Waals surface area contributed by atoms with Crippen molar-refractivity contribution >= 4 is 27.4 Å². The summed E-state index contributed by atoms with van der Waals surface area (Å²) in [4.78, 5) is 12.5. The summed E-state index contributed by atoms with van der Waals surface area (Å²) >= 11 is 2.98. The van der Waals surface area contributed by atoms with Crippen molar-refractivity contribution in [3.63, 3.8) is 0 Å². The number of benzene rings is 1. The summed E-state index contributed by atoms with van der Waals surface area (Å²) in [6, 6.07) is 2.40. The summed E-state index contributed by atoms with van der Waals surface area (Å²) < 4.78 is 79.3. The maximum atomic E-state index is 13.7. The third kappa shape index (κ3) is 3.22. The maximum absolute atomic E-state index is 13.7. The number of alkyl halides is 5. The van der Waals surface area contributed by atoms with Crippen LogP contribution in [-0.4, -0.2) is 39.4 Å². The molecule has 0 radical (unpaired) electrons. The van der Waals surface area contributed by atoms with Crippen LogP contribution in [0.15, 0.2) is 22.4 Å². The minimum atomic E-state index is -5.94. The lowest BCUT2D eigenvalue weighted by atomic mass is 9.70. The normalized spacial score (nSPS) is 28.2. The van der Waals surface area contributed by atoms with Crippen LogP contribution in [0, 0.1) is 12.7 Å². The number of rotatable bonds is 2. The quantitative estimate of drug-likeness (QED) is 0.536. The molecule has 0 saturated heterocycles. The van der Waals surface area contributed by atoms with E-state index in [-0.39, 0.29) is 15.6 Å². The van der Waals surface area contributed by atoms with Crippen LogP contribution in [0.5, 0.6) is 0 Å². The second-order valence-electron chi connectivity index (χ2n) is 7.44. The summed E-state index contributed by atoms with van der Waals surface area (Å²) in [6.07, 6.45) is -8.99. The largest absolute Gasteiger partial charge is 0.509 e. The second kappa shape index (κ2) is 6.63. The van der Waals surface area contributed by atoms with Gasteiger partial charge in [0.05, 0.1) is 15.6 Å². The molecule has 0 unspecified atom stereocenters. The minimum Gasteiger partial charge on any atom is -0.509 e. The van der Waals surface area contributed by atoms with Gasteiger partial charge < -0.3 is 15.5 Å². The van der Waals surface area contributed by atoms with Crippen molar-refractivity contribution in [1.82, 2.24) is 5.32 Å². The fraction of sp³-hybridized carbons (Fsp3) is 0.500. The van der Waals surface area contributed by atoms with Gasteiger partial charge in [-0.3, -0.25) is 4.79 Å². The van der Waals surface area contributed by atoms with E-state index in [0.717, 1.165) is 6.07 Å². The van der Waals surface area contributed by atoms with E-state index >= 15 is 0 Å². The van der Waals surface area contributed by atoms with E-state index in [0.29, 0.717) is 5.56 Å². The lowest BCUT2D eigenvalue weighted by molar-refractivity contribution is -0.347. The van der Waals surface area contributed by atoms with Crippen molar-refractivity contribution in [2.24, 2.45) is 0 Å². The molecule has 3 rings (SSSR count). The fourth-order valence-corrected chi connectivity index (χ4v) is 4.22. The molecular formula is C18H16BrF6NO3. The van der Waals surface area contributed by atoms with Crippen LogP contribution in [0.2, 0.25) is 0 Å². The minimum absolute atomic E-state index is 0.0231. The average molecular weight is 488 g/mol. The first-order valence-electron chi connectivity index (χ1n) is 8.54. The third-order valence-corrected chi connectivity index (χ3v) is 6.29. The Morgan fingerprint density at radius 3 is 2.17 bits per heavy atom. The molecule has 1 aliphatic heterocycles. The first-order valence-corrected chi connectivity index (χ1v) is 9.34. The number of hydrogen-bond acceptors (Lipinski definition) is 3. The van der Waals surface area contributed by atoms with E-state index in [1.54, 1.807) is 0 Å². The molecule has 1 spiro atoms. The van der Waals surface area contributed by atoms with Crippen molar-refractivity contribution in [1.29, 1.82) is 0 Å². The number of nitrogens with one attached hydrogen (secondary N) is 1. The molecule has 4 nitrogen and oxygen atoms in total. The Morgan fingerprint density at radius 1 is 1.10 bits per heavy atom. The van der Waals surface area contributed by atoms with Gasteiger partial charge >= 0.3 is 12.1 Å². The number of amides is 1. The van der Waals surface area contributed by atoms with E-state index < -0.39 is 66.4 Å². The van der Waals surface area contributed by atoms with Gasteiger partial charge in [-0.1, -0.05) is 0 Å². The summed E-state index contributed by atoms with van der Waals surface area (Å²) in [6.45, 7) is 1.49. The highest BCUT2D eigenvalue weighted by Crippen LogP contribution is 2.53. The molecule has 1 aromatic rings. The molecule has 1 aliphatic carbocycles. The molecule has 29 heavy (non-hydrogen) atoms. The predicted molar refractivity (Wildman–Crippen MR) is 93.7 cm³/mol. The van der Waals surface area contributed by atoms with Gasteiger partial charge in [-0.25, -0.2) is 4.39 Å². The molecule has 3 N–H and O–H groups in total. The monoisotopic (exact) mass is 487 g/mol. The summed E-state index contributed by atoms with van der Waals surface area (Å²) in [5, 5.41) is 23.1. The van der Waals surface area contributed by atoms with Gasteiger partial charge in [0, 0.05) is 0 Å². The summed E-state index contributed by atoms with van der Waals surface area (Å²) in [5.74, 6) is -7.24. The topological polar surface area (TPSA) is 69.6 Å². The van der Waals surface area contributed by atoms with E-state index in [4.69, 9.17) is 0 Å². The third-order valence-electron chi connectivity index (χ3n) is 5.68. The SMILES string of the molecule is Cc1cc(F)c(Br)cc1C1=C(O)[C@]2(CC[C@@](O)(C(F)(F)C(F)(F)F)CC2)NC1=O. The summed E-state index contributed by atoms with van der Waals surface area (Å²) in [5.41, 5.74) is -4.63. The number of carbonyl (C=O) groups excluding carboxylic acids is 1. The fourth-order valence-electron chi connectivity index (χ4n) is 3.88. The van der Waals surface area contributed by atoms with Crippen molar-refractivity contribution in [3.05, 3.63) is 39.3 Å². The van der Waals surface area contributed by atoms with Crippen molar-refractivity contribution < 1.29 is 41.4 Å². The molecule has 1 aromatic carbocycles. The molecule has 0 atom stereocenters. The molecule has 0 aromatic heterocycles. The van der Waals surface area contributed by atoms with Crippen LogP contribution in [-0.2, 0) is 4.79 Å². The second-order valence-corrected chi connectivity index (χ2v) is 8.30. The molecule has 160 valence electrons. The van der Waals surface area contributed by atoms with Gasteiger partial charge in [-0.05, 0) is 71.8 Å². The number of aliphatic hydroxyl groups excluding tert-OH is 1. The Balaban J connectivity index is 1.97. The predicted octanol–water partition coefficient (Wildman–Crippen LogP) is 4.54. The molecule has 2 aliphatic rings. The van der Waals surface area contributed by atoms with E-state index in [1.807, 2.05) is 0 Å². The van der Waals surface area contributed by atoms with E-state index in [1.165, 1.54) is 13.0 Å². The van der Waals surface area contributed by atoms with Gasteiger partial charge in [-0.15, -0.1) is 0 Å². The first-order chi connectivity index (χ1) is 13.2. The first kappa shape index (κ1) is 21.9. The average Bonchev–Trinajstić information content (AvgIpc) is 2.83. The van der Waals surface area contributed by atoms with Gasteiger partial charge in [0.2, 0.25) is 0 Å². The standard InChI is InChI=1S/C18H16BrF6NO3/c1-8-6-11(20)10(19)7-9(8)12-13(27)15(26-14(12)28)2-4-16(29,5-3-15)17(21,22)18(23,24)25/h6-7,27,29H,2-5H2,1H3,(H,26,28)/t15-,16+. The number of halogens is 7. The highest BCUT2D eigenvalue weighted by Gasteiger charge is 2.71. The Hall–Kier alpha value is -1.75. The smallest absolute Gasteiger partial charge is 0.456 e. The van der Waals surface area contributed by atoms with E-state index in [9.17, 15) is 41.4 Å². The van der Waals surface area contributed by atoms with Gasteiger partial charge in [0.15, 0.2) is 0 Å². The zero-order valence-corrected chi connectivity index (χ0v) is 16.5. The maximum Gasteiger partial charge on any atom is 0.456 e. The van der Waals surface area contributed by atoms with Crippen LogP contribution < -0.4 is 5.32 Å². The lowest BCUT2D eigenvalue weighted by Gasteiger charge is -2.45. The van der Waals surface area contributed by atoms with Crippen LogP contribution in [0.1, 0.15) is 36.8 Å². The van der Waals surface area contributed by atoms with Crippen LogP contribution in [0.4, 0.5) is 26.3 Å². The molecule has 1 amide bonds. The van der Waals surface area contributed by atoms with Crippen LogP contribution in [0.3, 0.4) is 0 Å². The van der Waals surface area contributed by atoms with E-state index in [2.05, 4.69) is 21.2 Å². The molecule has 1 fully saturated rings. The van der Waals surface area contributed by atoms with Crippen LogP contribution in [0.25, 0.3) is 5.57 Å². The molecule has 0 bridgehead atoms. The van der Waals surface area contributed by atoms with Gasteiger partial charge in [-0.2, -0.15) is 22.0 Å². The Bertz CT molecular complexity index is 904. The van der Waals surface area contributed by atoms with Crippen molar-refractivity contribution in [2.75, 3.05) is 0 Å². The van der Waals surface area contributed by atoms with Crippen molar-refractivity contribution in [3.8, 4) is 0 Å². The van der Waals surface area contributed by atoms with Crippen LogP contribution >= 0.6 is 15.9 Å². The highest BCUT2D eigenvalue weighted by molar-refractivity contribution is 9.10. The molecule has 1 saturated carbocycles. The Morgan fingerprint density at radius 2 is 1.66 bits per heavy atom. The number of aryl methyl sites for hydroxylation is 1. The number of aliphatic hydroxyl groups is 2. The molecular weight excluding hydrogens is 472 g/mol. The zero-order valence-electron chi connectivity index (χ0n) is 14.9. The van der Waals surface area contributed by atoms with Crippen molar-refractivity contribution in [2.45, 2.75) is 55.8 Å². The number of hydrogen-bond donors (Lipinski definition) is 3. The summed E-state index contributed by atoms with van der Waals surface area (Å²) in [7, 11) is 0.